The third-order valence-electron chi connectivity index (χ3n) is 3.29. The number of hydrogen-bond acceptors (Lipinski definition) is 3. The van der Waals surface area contributed by atoms with E-state index in [0.29, 0.717) is 6.42 Å². The van der Waals surface area contributed by atoms with Crippen molar-refractivity contribution in [1.29, 1.82) is 0 Å². The van der Waals surface area contributed by atoms with Crippen LogP contribution in [0.2, 0.25) is 5.02 Å². The number of rotatable bonds is 7. The summed E-state index contributed by atoms with van der Waals surface area (Å²) in [6.07, 6.45) is 2.74. The Kier molecular flexibility index (Phi) is 6.70. The number of hydrogen-bond donors (Lipinski definition) is 1. The summed E-state index contributed by atoms with van der Waals surface area (Å²) in [7, 11) is -2.91. The summed E-state index contributed by atoms with van der Waals surface area (Å²) in [6, 6.07) is 7.80. The van der Waals surface area contributed by atoms with Gasteiger partial charge < -0.3 is 5.32 Å². The molecule has 0 bridgehead atoms. The molecule has 0 aromatic heterocycles. The molecular weight excluding hydrogens is 306 g/mol. The van der Waals surface area contributed by atoms with Crippen LogP contribution < -0.4 is 5.32 Å². The van der Waals surface area contributed by atoms with E-state index in [0.717, 1.165) is 23.6 Å². The van der Waals surface area contributed by atoms with Crippen LogP contribution in [0.1, 0.15) is 45.1 Å². The van der Waals surface area contributed by atoms with Crippen LogP contribution in [0.25, 0.3) is 0 Å². The zero-order chi connectivity index (χ0) is 16.1. The van der Waals surface area contributed by atoms with E-state index in [-0.39, 0.29) is 17.2 Å². The van der Waals surface area contributed by atoms with E-state index >= 15 is 0 Å². The number of nitrogens with one attached hydrogen (secondary N) is 1. The fraction of sp³-hybridized carbons (Fsp3) is 0.625. The van der Waals surface area contributed by atoms with Gasteiger partial charge in [0.1, 0.15) is 9.84 Å². The molecule has 0 radical (unpaired) electrons. The topological polar surface area (TPSA) is 46.2 Å². The lowest BCUT2D eigenvalue weighted by atomic mass is 9.93. The first-order valence-corrected chi connectivity index (χ1v) is 9.69. The number of benzene rings is 1. The molecule has 0 amide bonds. The van der Waals surface area contributed by atoms with Crippen molar-refractivity contribution in [2.24, 2.45) is 0 Å². The molecule has 3 nitrogen and oxygen atoms in total. The second-order valence-corrected chi connectivity index (χ2v) is 9.29. The van der Waals surface area contributed by atoms with E-state index < -0.39 is 9.84 Å². The van der Waals surface area contributed by atoms with E-state index in [2.05, 4.69) is 26.1 Å². The average molecular weight is 332 g/mol. The van der Waals surface area contributed by atoms with Crippen LogP contribution >= 0.6 is 11.6 Å². The predicted octanol–water partition coefficient (Wildman–Crippen LogP) is 3.64. The average Bonchev–Trinajstić information content (AvgIpc) is 2.32. The maximum Gasteiger partial charge on any atom is 0.147 e. The Morgan fingerprint density at radius 3 is 2.38 bits per heavy atom. The summed E-state index contributed by atoms with van der Waals surface area (Å²) >= 11 is 6.29. The molecule has 0 saturated heterocycles. The zero-order valence-electron chi connectivity index (χ0n) is 13.3. The van der Waals surface area contributed by atoms with Crippen LogP contribution in [0, 0.1) is 0 Å². The minimum atomic E-state index is -2.91. The lowest BCUT2D eigenvalue weighted by molar-refractivity contribution is 0.398. The van der Waals surface area contributed by atoms with Crippen LogP contribution in [0.5, 0.6) is 0 Å². The van der Waals surface area contributed by atoms with Crippen LogP contribution in [0.15, 0.2) is 24.3 Å². The van der Waals surface area contributed by atoms with Gasteiger partial charge in [-0.1, -0.05) is 29.8 Å². The van der Waals surface area contributed by atoms with Crippen LogP contribution in [-0.4, -0.2) is 32.5 Å². The Hall–Kier alpha value is -0.580. The summed E-state index contributed by atoms with van der Waals surface area (Å²) in [5.41, 5.74) is 1.11. The van der Waals surface area contributed by atoms with Crippen molar-refractivity contribution in [3.05, 3.63) is 34.9 Å². The van der Waals surface area contributed by atoms with Gasteiger partial charge in [-0.05, 0) is 51.2 Å². The normalized spacial score (nSPS) is 14.1. The van der Waals surface area contributed by atoms with Crippen molar-refractivity contribution in [2.45, 2.75) is 45.1 Å². The first-order valence-electron chi connectivity index (χ1n) is 7.26. The van der Waals surface area contributed by atoms with Gasteiger partial charge in [-0.25, -0.2) is 8.42 Å². The van der Waals surface area contributed by atoms with Crippen molar-refractivity contribution in [3.8, 4) is 0 Å². The molecule has 0 spiro atoms. The van der Waals surface area contributed by atoms with E-state index in [4.69, 9.17) is 11.6 Å². The molecule has 1 aromatic rings. The van der Waals surface area contributed by atoms with Gasteiger partial charge >= 0.3 is 0 Å². The third kappa shape index (κ3) is 7.84. The van der Waals surface area contributed by atoms with Gasteiger partial charge in [0, 0.05) is 29.1 Å². The molecule has 0 saturated carbocycles. The predicted molar refractivity (Wildman–Crippen MR) is 90.9 cm³/mol. The monoisotopic (exact) mass is 331 g/mol. The molecule has 0 aliphatic carbocycles. The lowest BCUT2D eigenvalue weighted by Crippen LogP contribution is -2.38. The molecule has 5 heteroatoms. The van der Waals surface area contributed by atoms with Gasteiger partial charge in [0.15, 0.2) is 0 Å². The molecule has 1 aromatic carbocycles. The lowest BCUT2D eigenvalue weighted by Gasteiger charge is -2.26. The Morgan fingerprint density at radius 2 is 1.86 bits per heavy atom. The highest BCUT2D eigenvalue weighted by molar-refractivity contribution is 7.90. The molecular formula is C16H26ClNO2S. The second-order valence-electron chi connectivity index (χ2n) is 6.62. The standard InChI is InChI=1S/C16H26ClNO2S/c1-16(2,3)18-12-13(8-7-11-21(4,19)20)14-9-5-6-10-15(14)17/h5-6,9-10,13,18H,7-8,11-12H2,1-4H3. The van der Waals surface area contributed by atoms with Gasteiger partial charge in [0.2, 0.25) is 0 Å². The van der Waals surface area contributed by atoms with Gasteiger partial charge in [0.25, 0.3) is 0 Å². The Morgan fingerprint density at radius 1 is 1.24 bits per heavy atom. The summed E-state index contributed by atoms with van der Waals surface area (Å²) in [6.45, 7) is 7.14. The molecule has 0 aliphatic rings. The van der Waals surface area contributed by atoms with E-state index in [1.54, 1.807) is 0 Å². The Balaban J connectivity index is 2.77. The van der Waals surface area contributed by atoms with E-state index in [9.17, 15) is 8.42 Å². The van der Waals surface area contributed by atoms with Crippen LogP contribution in [0.3, 0.4) is 0 Å². The minimum Gasteiger partial charge on any atom is -0.311 e. The quantitative estimate of drug-likeness (QED) is 0.829. The molecule has 0 heterocycles. The largest absolute Gasteiger partial charge is 0.311 e. The highest BCUT2D eigenvalue weighted by Crippen LogP contribution is 2.28. The maximum atomic E-state index is 11.3. The van der Waals surface area contributed by atoms with Gasteiger partial charge in [0.05, 0.1) is 0 Å². The Bertz CT molecular complexity index is 550. The molecule has 1 unspecified atom stereocenters. The zero-order valence-corrected chi connectivity index (χ0v) is 14.9. The van der Waals surface area contributed by atoms with Crippen molar-refractivity contribution in [3.63, 3.8) is 0 Å². The summed E-state index contributed by atoms with van der Waals surface area (Å²) in [5.74, 6) is 0.448. The van der Waals surface area contributed by atoms with Crippen molar-refractivity contribution in [2.75, 3.05) is 18.6 Å². The maximum absolute atomic E-state index is 11.3. The van der Waals surface area contributed by atoms with E-state index in [1.807, 2.05) is 24.3 Å². The van der Waals surface area contributed by atoms with Crippen molar-refractivity contribution in [1.82, 2.24) is 5.32 Å². The number of sulfone groups is 1. The third-order valence-corrected chi connectivity index (χ3v) is 4.67. The molecule has 0 aliphatic heterocycles. The first kappa shape index (κ1) is 18.5. The highest BCUT2D eigenvalue weighted by Gasteiger charge is 2.18. The number of halogens is 1. The fourth-order valence-corrected chi connectivity index (χ4v) is 3.18. The Labute approximate surface area is 134 Å². The highest BCUT2D eigenvalue weighted by atomic mass is 35.5. The van der Waals surface area contributed by atoms with Gasteiger partial charge in [-0.15, -0.1) is 0 Å². The molecule has 1 N–H and O–H groups in total. The van der Waals surface area contributed by atoms with Crippen molar-refractivity contribution >= 4 is 21.4 Å². The molecule has 120 valence electrons. The fourth-order valence-electron chi connectivity index (χ4n) is 2.20. The smallest absolute Gasteiger partial charge is 0.147 e. The van der Waals surface area contributed by atoms with Crippen LogP contribution in [-0.2, 0) is 9.84 Å². The molecule has 21 heavy (non-hydrogen) atoms. The van der Waals surface area contributed by atoms with Gasteiger partial charge in [-0.3, -0.25) is 0 Å². The molecule has 1 rings (SSSR count). The summed E-state index contributed by atoms with van der Waals surface area (Å²) < 4.78 is 22.6. The van der Waals surface area contributed by atoms with Gasteiger partial charge in [-0.2, -0.15) is 0 Å². The van der Waals surface area contributed by atoms with Crippen molar-refractivity contribution < 1.29 is 8.42 Å². The SMILES string of the molecule is CC(C)(C)NCC(CCCS(C)(=O)=O)c1ccccc1Cl. The molecule has 0 fully saturated rings. The minimum absolute atomic E-state index is 0.0241. The van der Waals surface area contributed by atoms with Crippen LogP contribution in [0.4, 0.5) is 0 Å². The first-order chi connectivity index (χ1) is 9.58. The molecule has 1 atom stereocenters. The van der Waals surface area contributed by atoms with E-state index in [1.165, 1.54) is 6.26 Å². The summed E-state index contributed by atoms with van der Waals surface area (Å²) in [5, 5.41) is 4.23. The summed E-state index contributed by atoms with van der Waals surface area (Å²) in [4.78, 5) is 0. The second kappa shape index (κ2) is 7.61.